The van der Waals surface area contributed by atoms with Crippen LogP contribution < -0.4 is 85.9 Å². The maximum absolute atomic E-state index is 11.6. The number of carbonyl (C=O) groups is 1. The maximum Gasteiger partial charge on any atom is 0.220 e. The Morgan fingerprint density at radius 1 is 0.429 bits per heavy atom. The van der Waals surface area contributed by atoms with Crippen molar-refractivity contribution in [1.82, 2.24) is 74.4 Å². The number of hydrogen-bond acceptors (Lipinski definition) is 17. The first-order chi connectivity index (χ1) is 51.6. The molecular weight excluding hydrogens is 1300 g/mol. The summed E-state index contributed by atoms with van der Waals surface area (Å²) in [5, 5.41) is 52.3. The second-order valence-electron chi connectivity index (χ2n) is 31.7. The van der Waals surface area contributed by atoms with Crippen molar-refractivity contribution in [2.45, 2.75) is 289 Å². The van der Waals surface area contributed by atoms with E-state index < -0.39 is 0 Å². The van der Waals surface area contributed by atoms with E-state index in [0.717, 1.165) is 147 Å². The summed E-state index contributed by atoms with van der Waals surface area (Å²) in [4.78, 5) is 14.3. The number of carbonyl (C=O) groups excluding carboxylic acids is 1. The van der Waals surface area contributed by atoms with Gasteiger partial charge in [-0.2, -0.15) is 0 Å². The van der Waals surface area contributed by atoms with E-state index in [1.54, 1.807) is 6.92 Å². The number of azide groups is 1. The number of benzene rings is 2. The van der Waals surface area contributed by atoms with Gasteiger partial charge in [0.15, 0.2) is 0 Å². The zero-order chi connectivity index (χ0) is 74.8. The Bertz CT molecular complexity index is 2260. The Kier molecular flexibility index (Phi) is 60.4. The first kappa shape index (κ1) is 94.0. The largest absolute Gasteiger partial charge is 0.356 e. The molecule has 0 bridgehead atoms. The molecule has 606 valence electrons. The molecule has 2 aromatic rings. The summed E-state index contributed by atoms with van der Waals surface area (Å²) < 4.78 is 0. The van der Waals surface area contributed by atoms with Crippen molar-refractivity contribution < 1.29 is 4.79 Å². The first-order valence-electron chi connectivity index (χ1n) is 43.9. The van der Waals surface area contributed by atoms with E-state index in [0.29, 0.717) is 30.7 Å². The van der Waals surface area contributed by atoms with Gasteiger partial charge >= 0.3 is 0 Å². The van der Waals surface area contributed by atoms with Crippen LogP contribution in [-0.2, 0) is 11.3 Å². The van der Waals surface area contributed by atoms with E-state index in [9.17, 15) is 4.79 Å². The SMILES string of the molecule is C1CCCC(CNCCCNCCCNCCCNCC2CC2)CC1.CC(CC(=O)NCCCNCc1ccc(-c2ccccc2)cc1)N=[N+]=[N-].CCNCCCNC1CCCC(N)CC1.CCNCCCNCCCNCCCNC(C)C1CCCCCC1.NC1CCC(NCCCNCC2CC2)C1. The number of nitrogens with zero attached hydrogens (tertiary/aromatic N) is 3. The molecule has 0 aromatic heterocycles. The van der Waals surface area contributed by atoms with Gasteiger partial charge in [-0.1, -0.05) is 138 Å². The Balaban J connectivity index is 0.000000282. The van der Waals surface area contributed by atoms with Crippen LogP contribution in [0.2, 0.25) is 0 Å². The molecular formula is C85H165N19O. The molecule has 105 heavy (non-hydrogen) atoms. The van der Waals surface area contributed by atoms with Crippen molar-refractivity contribution in [2.75, 3.05) is 151 Å². The maximum atomic E-state index is 11.6. The van der Waals surface area contributed by atoms with Crippen LogP contribution in [0.15, 0.2) is 59.7 Å². The Morgan fingerprint density at radius 2 is 0.857 bits per heavy atom. The van der Waals surface area contributed by atoms with Crippen LogP contribution >= 0.6 is 0 Å². The van der Waals surface area contributed by atoms with Crippen LogP contribution in [0.5, 0.6) is 0 Å². The quantitative estimate of drug-likeness (QED) is 0.00963. The summed E-state index contributed by atoms with van der Waals surface area (Å²) >= 11 is 0. The molecule has 2 aromatic carbocycles. The molecule has 0 heterocycles. The molecule has 0 aliphatic heterocycles. The number of hydrogen-bond donors (Lipinski definition) is 16. The fourth-order valence-corrected chi connectivity index (χ4v) is 14.6. The molecule has 6 fully saturated rings. The molecule has 6 saturated carbocycles. The van der Waals surface area contributed by atoms with Crippen molar-refractivity contribution in [1.29, 1.82) is 0 Å². The second kappa shape index (κ2) is 67.5. The molecule has 8 rings (SSSR count). The van der Waals surface area contributed by atoms with Crippen molar-refractivity contribution in [3.05, 3.63) is 70.6 Å². The summed E-state index contributed by atoms with van der Waals surface area (Å²) in [6, 6.07) is 21.6. The van der Waals surface area contributed by atoms with Gasteiger partial charge in [0.05, 0.1) is 0 Å². The molecule has 0 radical (unpaired) electrons. The van der Waals surface area contributed by atoms with Gasteiger partial charge in [-0.05, 0) is 351 Å². The Labute approximate surface area is 643 Å². The predicted molar refractivity (Wildman–Crippen MR) is 450 cm³/mol. The van der Waals surface area contributed by atoms with Crippen LogP contribution in [0.25, 0.3) is 21.6 Å². The second-order valence-corrected chi connectivity index (χ2v) is 31.7. The molecule has 1 amide bonds. The number of nitrogens with one attached hydrogen (secondary N) is 14. The first-order valence-corrected chi connectivity index (χ1v) is 43.9. The summed E-state index contributed by atoms with van der Waals surface area (Å²) in [6.07, 6.45) is 44.2. The topological polar surface area (TPSA) is 286 Å². The lowest BCUT2D eigenvalue weighted by Gasteiger charge is -2.23. The fraction of sp³-hybridized carbons (Fsp3) is 0.847. The third-order valence-corrected chi connectivity index (χ3v) is 21.7. The molecule has 20 heteroatoms. The molecule has 0 saturated heterocycles. The van der Waals surface area contributed by atoms with Crippen LogP contribution in [0.3, 0.4) is 0 Å². The van der Waals surface area contributed by atoms with Crippen LogP contribution in [0.4, 0.5) is 0 Å². The van der Waals surface area contributed by atoms with Gasteiger partial charge in [0.25, 0.3) is 0 Å². The monoisotopic (exact) mass is 1470 g/mol. The van der Waals surface area contributed by atoms with Gasteiger partial charge in [-0.15, -0.1) is 0 Å². The molecule has 6 atom stereocenters. The van der Waals surface area contributed by atoms with Gasteiger partial charge in [-0.25, -0.2) is 0 Å². The molecule has 6 aliphatic carbocycles. The van der Waals surface area contributed by atoms with E-state index in [4.69, 9.17) is 17.0 Å². The van der Waals surface area contributed by atoms with Crippen molar-refractivity contribution in [3.8, 4) is 11.1 Å². The van der Waals surface area contributed by atoms with Crippen molar-refractivity contribution >= 4 is 5.91 Å². The smallest absolute Gasteiger partial charge is 0.220 e. The average Bonchev–Trinajstić information content (AvgIpc) is 1.88. The minimum absolute atomic E-state index is 0.0820. The van der Waals surface area contributed by atoms with Gasteiger partial charge in [0.1, 0.15) is 0 Å². The summed E-state index contributed by atoms with van der Waals surface area (Å²) in [5.41, 5.74) is 23.8. The molecule has 6 unspecified atom stereocenters. The standard InChI is InChI=1S/C21H44N4.C20H25N5O.C20H44N4.C12H25N3.C12H27N3/c1-2-4-9-20(8-3-1)18-24-16-6-14-22-12-5-13-23-15-7-17-25-19-21-10-11-21;1-16(24-25-21)14-20(26)23-13-5-12-22-15-17-8-10-19(11-9-17)18-6-3-2-4-7-18;1-3-21-13-8-14-22-15-9-16-23-17-10-18-24-19(2)20-11-6-4-5-7-12-20;13-11-4-5-12(8-11)15-7-1-6-14-9-10-2-3-10;1-2-14-9-4-10-15-12-6-3-5-11(13)7-8-12/h20-25H,1-19H2;2-4,6-11,16,22H,5,12-15H2,1H3,(H,23,26);19-24H,3-18H2,1-2H3;10-12,14-15H,1-9,13H2;11-12,14-15H,2-10,13H2,1H3. The lowest BCUT2D eigenvalue weighted by Crippen LogP contribution is -2.35. The van der Waals surface area contributed by atoms with E-state index in [1.807, 2.05) is 18.2 Å². The highest BCUT2D eigenvalue weighted by Gasteiger charge is 2.23. The van der Waals surface area contributed by atoms with E-state index in [-0.39, 0.29) is 18.4 Å². The fourth-order valence-electron chi connectivity index (χ4n) is 14.6. The van der Waals surface area contributed by atoms with Gasteiger partial charge in [-0.3, -0.25) is 4.79 Å². The average molecular weight is 1470 g/mol. The molecule has 20 nitrogen and oxygen atoms in total. The third-order valence-electron chi connectivity index (χ3n) is 21.7. The molecule has 0 spiro atoms. The number of amides is 1. The lowest BCUT2D eigenvalue weighted by atomic mass is 9.93. The molecule has 6 aliphatic rings. The summed E-state index contributed by atoms with van der Waals surface area (Å²) in [6.45, 7) is 35.0. The van der Waals surface area contributed by atoms with Crippen LogP contribution in [0, 0.1) is 23.7 Å². The van der Waals surface area contributed by atoms with Gasteiger partial charge < -0.3 is 85.9 Å². The number of nitrogens with two attached hydrogens (primary N) is 2. The predicted octanol–water partition coefficient (Wildman–Crippen LogP) is 11.9. The summed E-state index contributed by atoms with van der Waals surface area (Å²) in [5.74, 6) is 3.79. The highest BCUT2D eigenvalue weighted by Crippen LogP contribution is 2.29. The molecule has 18 N–H and O–H groups in total. The van der Waals surface area contributed by atoms with E-state index in [1.165, 1.54) is 261 Å². The minimum Gasteiger partial charge on any atom is -0.356 e. The zero-order valence-corrected chi connectivity index (χ0v) is 67.9. The van der Waals surface area contributed by atoms with Gasteiger partial charge in [0, 0.05) is 60.7 Å². The lowest BCUT2D eigenvalue weighted by molar-refractivity contribution is -0.121. The van der Waals surface area contributed by atoms with Crippen LogP contribution in [-0.4, -0.2) is 193 Å². The minimum atomic E-state index is -0.308. The van der Waals surface area contributed by atoms with Crippen molar-refractivity contribution in [2.24, 2.45) is 40.3 Å². The highest BCUT2D eigenvalue weighted by atomic mass is 16.1. The zero-order valence-electron chi connectivity index (χ0n) is 67.9. The van der Waals surface area contributed by atoms with Crippen molar-refractivity contribution in [3.63, 3.8) is 0 Å². The highest BCUT2D eigenvalue weighted by molar-refractivity contribution is 5.76. The van der Waals surface area contributed by atoms with Crippen LogP contribution in [0.1, 0.15) is 252 Å². The Hall–Kier alpha value is -3.38. The van der Waals surface area contributed by atoms with E-state index >= 15 is 0 Å². The number of rotatable bonds is 54. The normalized spacial score (nSPS) is 19.8. The Morgan fingerprint density at radius 3 is 1.35 bits per heavy atom. The third kappa shape index (κ3) is 56.5. The van der Waals surface area contributed by atoms with E-state index in [2.05, 4.69) is 142 Å². The van der Waals surface area contributed by atoms with Gasteiger partial charge in [0.2, 0.25) is 5.91 Å². The summed E-state index contributed by atoms with van der Waals surface area (Å²) in [7, 11) is 0.